The summed E-state index contributed by atoms with van der Waals surface area (Å²) in [6.45, 7) is 2.41. The van der Waals surface area contributed by atoms with E-state index < -0.39 is 0 Å². The van der Waals surface area contributed by atoms with E-state index in [-0.39, 0.29) is 5.41 Å². The van der Waals surface area contributed by atoms with Crippen molar-refractivity contribution in [2.45, 2.75) is 44.2 Å². The molecule has 0 bridgehead atoms. The van der Waals surface area contributed by atoms with E-state index in [0.717, 1.165) is 25.5 Å². The standard InChI is InChI=1S/C25H26ClN5S/c26-21-14-22(31-15-18-8-4-5-9-19(18)16-31)29-23(28-21)30-24(32)27-17-25(12-6-7-13-25)20-10-2-1-3-11-20/h1-5,8-11,14H,6-7,12-13,15-17H2,(H2,27,28,29,30,32). The van der Waals surface area contributed by atoms with Gasteiger partial charge in [0.25, 0.3) is 0 Å². The molecule has 1 aromatic heterocycles. The highest BCUT2D eigenvalue weighted by atomic mass is 35.5. The number of halogens is 1. The van der Waals surface area contributed by atoms with E-state index in [1.807, 2.05) is 0 Å². The third-order valence-corrected chi connectivity index (χ3v) is 7.05. The fourth-order valence-electron chi connectivity index (χ4n) is 4.93. The SMILES string of the molecule is S=C(NCC1(c2ccccc2)CCCC1)Nc1nc(Cl)cc(N2Cc3ccccc3C2)n1. The van der Waals surface area contributed by atoms with Crippen LogP contribution in [0.25, 0.3) is 0 Å². The molecule has 1 aliphatic heterocycles. The van der Waals surface area contributed by atoms with Crippen LogP contribution >= 0.6 is 23.8 Å². The molecule has 0 atom stereocenters. The molecule has 7 heteroatoms. The number of anilines is 2. The Morgan fingerprint density at radius 3 is 2.31 bits per heavy atom. The highest BCUT2D eigenvalue weighted by molar-refractivity contribution is 7.80. The molecule has 2 aromatic carbocycles. The maximum atomic E-state index is 6.32. The van der Waals surface area contributed by atoms with Crippen molar-refractivity contribution in [3.63, 3.8) is 0 Å². The molecule has 164 valence electrons. The molecule has 3 aromatic rings. The Bertz CT molecular complexity index is 1090. The molecule has 5 nitrogen and oxygen atoms in total. The summed E-state index contributed by atoms with van der Waals surface area (Å²) in [6.07, 6.45) is 4.82. The first-order chi connectivity index (χ1) is 15.6. The molecule has 0 saturated heterocycles. The van der Waals surface area contributed by atoms with Crippen LogP contribution in [0.4, 0.5) is 11.8 Å². The fourth-order valence-corrected chi connectivity index (χ4v) is 5.27. The van der Waals surface area contributed by atoms with Crippen molar-refractivity contribution in [1.82, 2.24) is 15.3 Å². The topological polar surface area (TPSA) is 53.1 Å². The summed E-state index contributed by atoms with van der Waals surface area (Å²) in [7, 11) is 0. The molecule has 0 amide bonds. The van der Waals surface area contributed by atoms with Gasteiger partial charge in [0.1, 0.15) is 11.0 Å². The summed E-state index contributed by atoms with van der Waals surface area (Å²) in [5, 5.41) is 7.48. The van der Waals surface area contributed by atoms with Crippen molar-refractivity contribution in [3.05, 3.63) is 82.5 Å². The zero-order valence-electron chi connectivity index (χ0n) is 17.9. The van der Waals surface area contributed by atoms with Crippen LogP contribution in [0.3, 0.4) is 0 Å². The smallest absolute Gasteiger partial charge is 0.232 e. The van der Waals surface area contributed by atoms with Gasteiger partial charge in [0.2, 0.25) is 5.95 Å². The van der Waals surface area contributed by atoms with Crippen molar-refractivity contribution in [2.75, 3.05) is 16.8 Å². The van der Waals surface area contributed by atoms with Crippen molar-refractivity contribution in [2.24, 2.45) is 0 Å². The largest absolute Gasteiger partial charge is 0.361 e. The lowest BCUT2D eigenvalue weighted by Crippen LogP contribution is -2.41. The first kappa shape index (κ1) is 21.2. The molecular weight excluding hydrogens is 438 g/mol. The Balaban J connectivity index is 1.26. The Morgan fingerprint density at radius 1 is 0.969 bits per heavy atom. The van der Waals surface area contributed by atoms with Gasteiger partial charge in [-0.05, 0) is 41.7 Å². The average molecular weight is 464 g/mol. The molecule has 2 aliphatic rings. The van der Waals surface area contributed by atoms with Crippen LogP contribution in [0.5, 0.6) is 0 Å². The highest BCUT2D eigenvalue weighted by Gasteiger charge is 2.35. The van der Waals surface area contributed by atoms with Crippen LogP contribution in [0.15, 0.2) is 60.7 Å². The second kappa shape index (κ2) is 9.04. The van der Waals surface area contributed by atoms with Crippen LogP contribution in [0.1, 0.15) is 42.4 Å². The van der Waals surface area contributed by atoms with Crippen molar-refractivity contribution in [1.29, 1.82) is 0 Å². The van der Waals surface area contributed by atoms with Gasteiger partial charge in [-0.2, -0.15) is 4.98 Å². The number of nitrogens with one attached hydrogen (secondary N) is 2. The molecule has 5 rings (SSSR count). The predicted octanol–water partition coefficient (Wildman–Crippen LogP) is 5.45. The second-order valence-corrected chi connectivity index (χ2v) is 9.45. The first-order valence-electron chi connectivity index (χ1n) is 11.1. The Kier molecular flexibility index (Phi) is 5.98. The van der Waals surface area contributed by atoms with Crippen LogP contribution < -0.4 is 15.5 Å². The molecule has 1 saturated carbocycles. The lowest BCUT2D eigenvalue weighted by Gasteiger charge is -2.30. The second-order valence-electron chi connectivity index (χ2n) is 8.66. The van der Waals surface area contributed by atoms with Gasteiger partial charge < -0.3 is 15.5 Å². The Morgan fingerprint density at radius 2 is 1.62 bits per heavy atom. The van der Waals surface area contributed by atoms with Crippen LogP contribution in [0, 0.1) is 0 Å². The van der Waals surface area contributed by atoms with Gasteiger partial charge in [-0.3, -0.25) is 0 Å². The quantitative estimate of drug-likeness (QED) is 0.387. The van der Waals surface area contributed by atoms with E-state index in [9.17, 15) is 0 Å². The molecule has 0 radical (unpaired) electrons. The van der Waals surface area contributed by atoms with E-state index in [4.69, 9.17) is 23.8 Å². The fraction of sp³-hybridized carbons (Fsp3) is 0.320. The van der Waals surface area contributed by atoms with Gasteiger partial charge in [-0.1, -0.05) is 79.0 Å². The molecule has 32 heavy (non-hydrogen) atoms. The maximum absolute atomic E-state index is 6.32. The summed E-state index contributed by atoms with van der Waals surface area (Å²) in [5.74, 6) is 1.21. The summed E-state index contributed by atoms with van der Waals surface area (Å²) in [6, 6.07) is 21.0. The predicted molar refractivity (Wildman–Crippen MR) is 134 cm³/mol. The Labute approximate surface area is 199 Å². The van der Waals surface area contributed by atoms with Gasteiger partial charge in [-0.25, -0.2) is 4.98 Å². The van der Waals surface area contributed by atoms with E-state index >= 15 is 0 Å². The lowest BCUT2D eigenvalue weighted by atomic mass is 9.79. The minimum absolute atomic E-state index is 0.120. The van der Waals surface area contributed by atoms with Crippen molar-refractivity contribution in [3.8, 4) is 0 Å². The minimum atomic E-state index is 0.120. The maximum Gasteiger partial charge on any atom is 0.232 e. The number of fused-ring (bicyclic) bond motifs is 1. The molecule has 2 heterocycles. The van der Waals surface area contributed by atoms with E-state index in [0.29, 0.717) is 16.2 Å². The number of thiocarbonyl (C=S) groups is 1. The third kappa shape index (κ3) is 4.43. The van der Waals surface area contributed by atoms with Crippen molar-refractivity contribution < 1.29 is 0 Å². The summed E-state index contributed by atoms with van der Waals surface area (Å²) < 4.78 is 0. The number of aromatic nitrogens is 2. The zero-order chi connectivity index (χ0) is 22.0. The van der Waals surface area contributed by atoms with Gasteiger partial charge in [-0.15, -0.1) is 0 Å². The average Bonchev–Trinajstić information content (AvgIpc) is 3.46. The zero-order valence-corrected chi connectivity index (χ0v) is 19.4. The lowest BCUT2D eigenvalue weighted by molar-refractivity contribution is 0.435. The van der Waals surface area contributed by atoms with Crippen LogP contribution in [-0.4, -0.2) is 21.6 Å². The van der Waals surface area contributed by atoms with Gasteiger partial charge >= 0.3 is 0 Å². The van der Waals surface area contributed by atoms with Crippen molar-refractivity contribution >= 4 is 40.7 Å². The minimum Gasteiger partial charge on any atom is -0.361 e. The van der Waals surface area contributed by atoms with Gasteiger partial charge in [0.05, 0.1) is 0 Å². The number of benzene rings is 2. The van der Waals surface area contributed by atoms with E-state index in [2.05, 4.69) is 80.1 Å². The van der Waals surface area contributed by atoms with Gasteiger partial charge in [0.15, 0.2) is 5.11 Å². The molecule has 0 spiro atoms. The molecule has 1 aliphatic carbocycles. The first-order valence-corrected chi connectivity index (χ1v) is 11.9. The van der Waals surface area contributed by atoms with E-state index in [1.165, 1.54) is 42.4 Å². The number of hydrogen-bond acceptors (Lipinski definition) is 4. The monoisotopic (exact) mass is 463 g/mol. The number of rotatable bonds is 5. The molecular formula is C25H26ClN5S. The van der Waals surface area contributed by atoms with Crippen LogP contribution in [0.2, 0.25) is 5.15 Å². The number of nitrogens with zero attached hydrogens (tertiary/aromatic N) is 3. The molecule has 1 fully saturated rings. The Hall–Kier alpha value is -2.70. The summed E-state index contributed by atoms with van der Waals surface area (Å²) >= 11 is 11.9. The summed E-state index contributed by atoms with van der Waals surface area (Å²) in [4.78, 5) is 11.2. The van der Waals surface area contributed by atoms with E-state index in [1.54, 1.807) is 6.07 Å². The third-order valence-electron chi connectivity index (χ3n) is 6.61. The number of hydrogen-bond donors (Lipinski definition) is 2. The normalized spacial score (nSPS) is 16.6. The molecule has 2 N–H and O–H groups in total. The highest BCUT2D eigenvalue weighted by Crippen LogP contribution is 2.40. The van der Waals surface area contributed by atoms with Crippen LogP contribution in [-0.2, 0) is 18.5 Å². The molecule has 0 unspecified atom stereocenters. The van der Waals surface area contributed by atoms with Gasteiger partial charge in [0, 0.05) is 31.1 Å². The summed E-state index contributed by atoms with van der Waals surface area (Å²) in [5.41, 5.74) is 4.13.